The van der Waals surface area contributed by atoms with E-state index in [4.69, 9.17) is 4.74 Å². The molecule has 0 bridgehead atoms. The molecule has 0 saturated heterocycles. The number of nitrogens with zero attached hydrogens (tertiary/aromatic N) is 2. The molecule has 7 heteroatoms. The monoisotopic (exact) mass is 414 g/mol. The van der Waals surface area contributed by atoms with Crippen LogP contribution in [0.1, 0.15) is 44.6 Å². The Kier molecular flexibility index (Phi) is 7.65. The van der Waals surface area contributed by atoms with Gasteiger partial charge in [0.1, 0.15) is 5.78 Å². The molecule has 0 amide bonds. The van der Waals surface area contributed by atoms with Crippen LogP contribution in [0.25, 0.3) is 0 Å². The molecule has 2 heterocycles. The molecule has 0 unspecified atom stereocenters. The summed E-state index contributed by atoms with van der Waals surface area (Å²) in [6, 6.07) is 5.07. The minimum absolute atomic E-state index is 0.0458. The van der Waals surface area contributed by atoms with E-state index in [2.05, 4.69) is 4.99 Å². The predicted molar refractivity (Wildman–Crippen MR) is 114 cm³/mol. The quantitative estimate of drug-likeness (QED) is 0.486. The van der Waals surface area contributed by atoms with Gasteiger partial charge in [0.15, 0.2) is 18.2 Å². The molecular weight excluding hydrogens is 384 g/mol. The number of ketones is 1. The van der Waals surface area contributed by atoms with E-state index in [1.54, 1.807) is 24.4 Å². The number of hydrogen-bond donors (Lipinski definition) is 3. The topological polar surface area (TPSA) is 103 Å². The summed E-state index contributed by atoms with van der Waals surface area (Å²) in [5, 5.41) is 29.8. The van der Waals surface area contributed by atoms with Crippen LogP contribution in [0.3, 0.4) is 0 Å². The van der Waals surface area contributed by atoms with Crippen molar-refractivity contribution in [2.75, 3.05) is 13.3 Å². The number of carbonyl (C=O) groups excluding carboxylic acids is 1. The zero-order valence-corrected chi connectivity index (χ0v) is 17.3. The van der Waals surface area contributed by atoms with E-state index in [-0.39, 0.29) is 30.8 Å². The van der Waals surface area contributed by atoms with Crippen molar-refractivity contribution in [2.24, 2.45) is 4.99 Å². The average molecular weight is 415 g/mol. The molecule has 1 aromatic carbocycles. The van der Waals surface area contributed by atoms with E-state index in [1.165, 1.54) is 0 Å². The van der Waals surface area contributed by atoms with Crippen molar-refractivity contribution >= 4 is 12.0 Å². The standard InChI is InChI=1S/C23H30N2O5/c1-2-3-18(26)11-20(28)12-19(27)6-4-16-5-7-22(29)23(10-16)30-15-25-13-17-8-9-24-21(17)14-25/h5,7-10,14,18,20,26,28-29H,2-4,6,11-13,15H2,1H3/t18-,20+/m0/s1. The number of phenolic OH excluding ortho intramolecular Hbond substituents is 1. The lowest BCUT2D eigenvalue weighted by atomic mass is 10.00. The van der Waals surface area contributed by atoms with Gasteiger partial charge in [-0.25, -0.2) is 0 Å². The third kappa shape index (κ3) is 6.18. The van der Waals surface area contributed by atoms with Crippen LogP contribution in [0.15, 0.2) is 46.7 Å². The van der Waals surface area contributed by atoms with E-state index in [1.807, 2.05) is 24.1 Å². The molecule has 1 aromatic rings. The summed E-state index contributed by atoms with van der Waals surface area (Å²) in [7, 11) is 0. The maximum atomic E-state index is 12.2. The van der Waals surface area contributed by atoms with Gasteiger partial charge in [-0.2, -0.15) is 0 Å². The number of aliphatic imine (C=N–C) groups is 1. The molecule has 0 spiro atoms. The Balaban J connectivity index is 1.45. The largest absolute Gasteiger partial charge is 0.504 e. The van der Waals surface area contributed by atoms with E-state index in [9.17, 15) is 20.1 Å². The number of hydrogen-bond acceptors (Lipinski definition) is 7. The van der Waals surface area contributed by atoms with Crippen LogP contribution in [0.4, 0.5) is 0 Å². The number of allylic oxidation sites excluding steroid dienone is 1. The second-order valence-corrected chi connectivity index (χ2v) is 7.88. The SMILES string of the molecule is CCC[C@H](O)C[C@@H](O)CC(=O)CCc1ccc(O)c(OCN2C=C3N=CC=C3C2)c1. The van der Waals surface area contributed by atoms with Gasteiger partial charge in [-0.3, -0.25) is 9.79 Å². The number of fused-ring (bicyclic) bond motifs is 1. The van der Waals surface area contributed by atoms with Crippen molar-refractivity contribution in [2.45, 2.75) is 57.7 Å². The third-order valence-electron chi connectivity index (χ3n) is 5.23. The Labute approximate surface area is 177 Å². The fourth-order valence-corrected chi connectivity index (χ4v) is 3.63. The highest BCUT2D eigenvalue weighted by Crippen LogP contribution is 2.29. The van der Waals surface area contributed by atoms with Crippen molar-refractivity contribution < 1.29 is 24.9 Å². The summed E-state index contributed by atoms with van der Waals surface area (Å²) < 4.78 is 5.76. The smallest absolute Gasteiger partial charge is 0.163 e. The molecule has 2 aliphatic rings. The van der Waals surface area contributed by atoms with Gasteiger partial charge in [0.05, 0.1) is 17.9 Å². The van der Waals surface area contributed by atoms with Gasteiger partial charge < -0.3 is 25.0 Å². The molecule has 0 aliphatic carbocycles. The Bertz CT molecular complexity index is 846. The lowest BCUT2D eigenvalue weighted by molar-refractivity contribution is -0.121. The highest BCUT2D eigenvalue weighted by atomic mass is 16.5. The Hall–Kier alpha value is -2.64. The minimum atomic E-state index is -0.814. The van der Waals surface area contributed by atoms with Crippen molar-refractivity contribution in [1.29, 1.82) is 0 Å². The number of aryl methyl sites for hydroxylation is 1. The van der Waals surface area contributed by atoms with Gasteiger partial charge in [-0.15, -0.1) is 0 Å². The van der Waals surface area contributed by atoms with E-state index >= 15 is 0 Å². The van der Waals surface area contributed by atoms with Gasteiger partial charge in [0.25, 0.3) is 0 Å². The first-order chi connectivity index (χ1) is 14.4. The van der Waals surface area contributed by atoms with Gasteiger partial charge in [0, 0.05) is 37.4 Å². The Morgan fingerprint density at radius 2 is 2.13 bits per heavy atom. The number of benzene rings is 1. The molecular formula is C23H30N2O5. The molecule has 0 saturated carbocycles. The number of phenols is 1. The number of ether oxygens (including phenoxy) is 1. The van der Waals surface area contributed by atoms with Gasteiger partial charge in [-0.1, -0.05) is 19.4 Å². The Morgan fingerprint density at radius 1 is 1.30 bits per heavy atom. The van der Waals surface area contributed by atoms with Crippen LogP contribution in [-0.4, -0.2) is 57.7 Å². The molecule has 3 rings (SSSR count). The summed E-state index contributed by atoms with van der Waals surface area (Å²) in [6.45, 7) is 2.98. The van der Waals surface area contributed by atoms with Crippen molar-refractivity contribution in [1.82, 2.24) is 4.90 Å². The zero-order chi connectivity index (χ0) is 21.5. The molecule has 7 nitrogen and oxygen atoms in total. The lowest BCUT2D eigenvalue weighted by Gasteiger charge is -2.17. The molecule has 162 valence electrons. The van der Waals surface area contributed by atoms with Crippen LogP contribution in [-0.2, 0) is 11.2 Å². The summed E-state index contributed by atoms with van der Waals surface area (Å²) in [5.74, 6) is 0.371. The summed E-state index contributed by atoms with van der Waals surface area (Å²) >= 11 is 0. The maximum absolute atomic E-state index is 12.2. The average Bonchev–Trinajstić information content (AvgIpc) is 3.28. The second-order valence-electron chi connectivity index (χ2n) is 7.88. The van der Waals surface area contributed by atoms with Crippen molar-refractivity contribution in [3.05, 3.63) is 47.3 Å². The summed E-state index contributed by atoms with van der Waals surface area (Å²) in [6.07, 6.45) is 6.83. The molecule has 2 atom stereocenters. The number of aliphatic hydroxyl groups is 2. The molecule has 3 N–H and O–H groups in total. The molecule has 0 aromatic heterocycles. The molecule has 0 radical (unpaired) electrons. The first kappa shape index (κ1) is 22.1. The molecule has 0 fully saturated rings. The van der Waals surface area contributed by atoms with Crippen LogP contribution in [0.2, 0.25) is 0 Å². The van der Waals surface area contributed by atoms with Crippen LogP contribution in [0.5, 0.6) is 11.5 Å². The number of Topliss-reactive ketones (excluding diaryl/α,β-unsaturated/α-hetero) is 1. The second kappa shape index (κ2) is 10.4. The minimum Gasteiger partial charge on any atom is -0.504 e. The first-order valence-corrected chi connectivity index (χ1v) is 10.5. The van der Waals surface area contributed by atoms with Crippen molar-refractivity contribution in [3.8, 4) is 11.5 Å². The van der Waals surface area contributed by atoms with E-state index in [0.717, 1.165) is 29.8 Å². The van der Waals surface area contributed by atoms with E-state index in [0.29, 0.717) is 25.3 Å². The fourth-order valence-electron chi connectivity index (χ4n) is 3.63. The van der Waals surface area contributed by atoms with Crippen LogP contribution < -0.4 is 4.74 Å². The molecule has 2 aliphatic heterocycles. The lowest BCUT2D eigenvalue weighted by Crippen LogP contribution is -2.21. The zero-order valence-electron chi connectivity index (χ0n) is 17.3. The third-order valence-corrected chi connectivity index (χ3v) is 5.23. The van der Waals surface area contributed by atoms with Gasteiger partial charge >= 0.3 is 0 Å². The van der Waals surface area contributed by atoms with Crippen LogP contribution in [0, 0.1) is 0 Å². The Morgan fingerprint density at radius 3 is 2.90 bits per heavy atom. The summed E-state index contributed by atoms with van der Waals surface area (Å²) in [5.41, 5.74) is 2.97. The fraction of sp³-hybridized carbons (Fsp3) is 0.478. The first-order valence-electron chi connectivity index (χ1n) is 10.5. The highest BCUT2D eigenvalue weighted by Gasteiger charge is 2.20. The van der Waals surface area contributed by atoms with E-state index < -0.39 is 12.2 Å². The maximum Gasteiger partial charge on any atom is 0.163 e. The van der Waals surface area contributed by atoms with Gasteiger partial charge in [0.2, 0.25) is 0 Å². The predicted octanol–water partition coefficient (Wildman–Crippen LogP) is 2.70. The van der Waals surface area contributed by atoms with Gasteiger partial charge in [-0.05, 0) is 43.0 Å². The number of carbonyl (C=O) groups is 1. The summed E-state index contributed by atoms with van der Waals surface area (Å²) in [4.78, 5) is 18.4. The van der Waals surface area contributed by atoms with Crippen molar-refractivity contribution in [3.63, 3.8) is 0 Å². The molecule has 30 heavy (non-hydrogen) atoms. The number of aliphatic hydroxyl groups excluding tert-OH is 2. The normalized spacial score (nSPS) is 16.8. The highest BCUT2D eigenvalue weighted by molar-refractivity contribution is 5.80. The number of aromatic hydroxyl groups is 1. The number of rotatable bonds is 12. The van der Waals surface area contributed by atoms with Crippen LogP contribution >= 0.6 is 0 Å².